The molecule has 0 unspecified atom stereocenters. The fourth-order valence-electron chi connectivity index (χ4n) is 4.03. The molecule has 0 aliphatic carbocycles. The minimum Gasteiger partial charge on any atom is -0.497 e. The van der Waals surface area contributed by atoms with Crippen LogP contribution in [0.1, 0.15) is 27.9 Å². The molecule has 1 N–H and O–H groups in total. The van der Waals surface area contributed by atoms with Gasteiger partial charge in [-0.1, -0.05) is 24.3 Å². The molecule has 208 valence electrons. The molecule has 0 radical (unpaired) electrons. The molecule has 40 heavy (non-hydrogen) atoms. The van der Waals surface area contributed by atoms with Gasteiger partial charge in [-0.15, -0.1) is 11.3 Å². The van der Waals surface area contributed by atoms with Crippen molar-refractivity contribution in [2.45, 2.75) is 20.0 Å². The van der Waals surface area contributed by atoms with E-state index in [0.717, 1.165) is 28.2 Å². The molecule has 1 heterocycles. The Kier molecular flexibility index (Phi) is 9.71. The Balaban J connectivity index is 1.59. The van der Waals surface area contributed by atoms with Gasteiger partial charge in [0.1, 0.15) is 32.9 Å². The minimum atomic E-state index is -1.08. The Hall–Kier alpha value is -4.41. The van der Waals surface area contributed by atoms with Crippen LogP contribution >= 0.6 is 11.3 Å². The summed E-state index contributed by atoms with van der Waals surface area (Å²) in [5.74, 6) is 1.09. The first-order valence-corrected chi connectivity index (χ1v) is 13.4. The molecule has 10 heteroatoms. The molecule has 4 rings (SSSR count). The maximum absolute atomic E-state index is 12.4. The first kappa shape index (κ1) is 28.6. The molecular weight excluding hydrogens is 532 g/mol. The summed E-state index contributed by atoms with van der Waals surface area (Å²) in [4.78, 5) is 31.2. The summed E-state index contributed by atoms with van der Waals surface area (Å²) >= 11 is 1.09. The maximum Gasteiger partial charge on any atom is 0.347 e. The van der Waals surface area contributed by atoms with E-state index in [-0.39, 0.29) is 24.6 Å². The third kappa shape index (κ3) is 7.37. The molecule has 1 aromatic heterocycles. The van der Waals surface area contributed by atoms with Crippen molar-refractivity contribution in [3.63, 3.8) is 0 Å². The number of aromatic carboxylic acids is 1. The number of methoxy groups -OCH3 is 2. The number of aromatic nitrogens is 1. The van der Waals surface area contributed by atoms with Crippen molar-refractivity contribution >= 4 is 23.3 Å². The van der Waals surface area contributed by atoms with Gasteiger partial charge in [-0.25, -0.2) is 9.78 Å². The highest BCUT2D eigenvalue weighted by Crippen LogP contribution is 2.32. The van der Waals surface area contributed by atoms with E-state index in [1.807, 2.05) is 60.7 Å². The first-order valence-electron chi connectivity index (χ1n) is 12.5. The number of para-hydroxylation sites is 1. The topological polar surface area (TPSA) is 107 Å². The van der Waals surface area contributed by atoms with Crippen LogP contribution in [0.15, 0.2) is 72.8 Å². The minimum absolute atomic E-state index is 0.0551. The number of rotatable bonds is 13. The zero-order chi connectivity index (χ0) is 28.5. The summed E-state index contributed by atoms with van der Waals surface area (Å²) in [7, 11) is 3.12. The molecule has 0 atom stereocenters. The molecule has 0 aliphatic rings. The third-order valence-electron chi connectivity index (χ3n) is 5.89. The van der Waals surface area contributed by atoms with Crippen LogP contribution < -0.4 is 14.2 Å². The van der Waals surface area contributed by atoms with Crippen LogP contribution in [0.2, 0.25) is 0 Å². The van der Waals surface area contributed by atoms with Gasteiger partial charge < -0.3 is 24.1 Å². The average molecular weight is 563 g/mol. The summed E-state index contributed by atoms with van der Waals surface area (Å²) in [6.45, 7) is 2.33. The van der Waals surface area contributed by atoms with Gasteiger partial charge in [0.25, 0.3) is 0 Å². The Bertz CT molecular complexity index is 1440. The molecule has 0 fully saturated rings. The Morgan fingerprint density at radius 1 is 0.900 bits per heavy atom. The summed E-state index contributed by atoms with van der Waals surface area (Å²) in [6.07, 6.45) is 0. The van der Waals surface area contributed by atoms with Gasteiger partial charge >= 0.3 is 11.9 Å². The highest BCUT2D eigenvalue weighted by atomic mass is 32.1. The van der Waals surface area contributed by atoms with Crippen molar-refractivity contribution in [3.05, 3.63) is 88.9 Å². The number of carboxylic acid groups (broad SMARTS) is 1. The van der Waals surface area contributed by atoms with E-state index in [0.29, 0.717) is 34.5 Å². The number of esters is 1. The second-order valence-electron chi connectivity index (χ2n) is 8.67. The molecule has 0 aliphatic heterocycles. The second kappa shape index (κ2) is 13.6. The first-order chi connectivity index (χ1) is 19.4. The number of hydrogen-bond donors (Lipinski definition) is 1. The van der Waals surface area contributed by atoms with Crippen LogP contribution in [0.25, 0.3) is 10.6 Å². The van der Waals surface area contributed by atoms with Crippen LogP contribution in [-0.4, -0.2) is 54.3 Å². The van der Waals surface area contributed by atoms with Crippen molar-refractivity contribution in [1.29, 1.82) is 0 Å². The van der Waals surface area contributed by atoms with Gasteiger partial charge in [-0.2, -0.15) is 0 Å². The number of ether oxygens (including phenoxy) is 4. The number of thiazole rings is 1. The quantitative estimate of drug-likeness (QED) is 0.200. The van der Waals surface area contributed by atoms with Crippen molar-refractivity contribution in [2.24, 2.45) is 0 Å². The van der Waals surface area contributed by atoms with Gasteiger partial charge in [-0.05, 0) is 49.4 Å². The van der Waals surface area contributed by atoms with E-state index in [9.17, 15) is 14.7 Å². The molecule has 0 amide bonds. The fourth-order valence-corrected chi connectivity index (χ4v) is 4.95. The number of nitrogens with zero attached hydrogens (tertiary/aromatic N) is 2. The Morgan fingerprint density at radius 3 is 2.25 bits per heavy atom. The van der Waals surface area contributed by atoms with Crippen LogP contribution in [-0.2, 0) is 22.6 Å². The van der Waals surface area contributed by atoms with E-state index in [1.54, 1.807) is 38.2 Å². The van der Waals surface area contributed by atoms with Crippen molar-refractivity contribution < 1.29 is 33.6 Å². The zero-order valence-corrected chi connectivity index (χ0v) is 23.3. The van der Waals surface area contributed by atoms with E-state index in [2.05, 4.69) is 4.98 Å². The van der Waals surface area contributed by atoms with Crippen LogP contribution in [0.3, 0.4) is 0 Å². The van der Waals surface area contributed by atoms with E-state index < -0.39 is 11.9 Å². The molecular formula is C30H30N2O7S. The number of benzene rings is 3. The van der Waals surface area contributed by atoms with E-state index >= 15 is 0 Å². The molecule has 0 bridgehead atoms. The predicted octanol–water partition coefficient (Wildman–Crippen LogP) is 5.88. The van der Waals surface area contributed by atoms with Crippen LogP contribution in [0.5, 0.6) is 23.0 Å². The number of carbonyl (C=O) groups excluding carboxylic acids is 1. The summed E-state index contributed by atoms with van der Waals surface area (Å²) < 4.78 is 21.8. The molecule has 0 spiro atoms. The largest absolute Gasteiger partial charge is 0.497 e. The lowest BCUT2D eigenvalue weighted by atomic mass is 10.1. The van der Waals surface area contributed by atoms with Crippen molar-refractivity contribution in [2.75, 3.05) is 27.4 Å². The standard InChI is InChI=1S/C30H30N2O7S/c1-4-38-27(33)19-32(17-21-12-15-24(36-2)16-26(21)37-3)18-25-28(30(34)35)40-29(31-25)20-10-13-23(14-11-20)39-22-8-6-5-7-9-22/h5-16H,4,17-19H2,1-3H3,(H,34,35). The Morgan fingerprint density at radius 2 is 1.60 bits per heavy atom. The highest BCUT2D eigenvalue weighted by molar-refractivity contribution is 7.17. The lowest BCUT2D eigenvalue weighted by Crippen LogP contribution is -2.31. The van der Waals surface area contributed by atoms with Crippen molar-refractivity contribution in [3.8, 4) is 33.6 Å². The predicted molar refractivity (Wildman–Crippen MR) is 151 cm³/mol. The SMILES string of the molecule is CCOC(=O)CN(Cc1ccc(OC)cc1OC)Cc1nc(-c2ccc(Oc3ccccc3)cc2)sc1C(=O)O. The third-order valence-corrected chi connectivity index (χ3v) is 7.03. The van der Waals surface area contributed by atoms with Gasteiger partial charge in [0.2, 0.25) is 0 Å². The van der Waals surface area contributed by atoms with Crippen LogP contribution in [0.4, 0.5) is 0 Å². The average Bonchev–Trinajstić information content (AvgIpc) is 3.38. The van der Waals surface area contributed by atoms with Gasteiger partial charge in [0.05, 0.1) is 33.1 Å². The van der Waals surface area contributed by atoms with Gasteiger partial charge in [-0.3, -0.25) is 9.69 Å². The van der Waals surface area contributed by atoms with Gasteiger partial charge in [0.15, 0.2) is 0 Å². The second-order valence-corrected chi connectivity index (χ2v) is 9.67. The van der Waals surface area contributed by atoms with E-state index in [4.69, 9.17) is 18.9 Å². The smallest absolute Gasteiger partial charge is 0.347 e. The number of hydrogen-bond acceptors (Lipinski definition) is 9. The van der Waals surface area contributed by atoms with E-state index in [1.165, 1.54) is 0 Å². The normalized spacial score (nSPS) is 10.8. The molecule has 4 aromatic rings. The highest BCUT2D eigenvalue weighted by Gasteiger charge is 2.23. The van der Waals surface area contributed by atoms with Crippen LogP contribution in [0, 0.1) is 0 Å². The lowest BCUT2D eigenvalue weighted by molar-refractivity contribution is -0.144. The summed E-state index contributed by atoms with van der Waals surface area (Å²) in [5.41, 5.74) is 1.91. The molecule has 0 saturated heterocycles. The maximum atomic E-state index is 12.4. The zero-order valence-electron chi connectivity index (χ0n) is 22.5. The summed E-state index contributed by atoms with van der Waals surface area (Å²) in [6, 6.07) is 22.1. The molecule has 0 saturated carbocycles. The lowest BCUT2D eigenvalue weighted by Gasteiger charge is -2.22. The monoisotopic (exact) mass is 562 g/mol. The van der Waals surface area contributed by atoms with Crippen molar-refractivity contribution in [1.82, 2.24) is 9.88 Å². The summed E-state index contributed by atoms with van der Waals surface area (Å²) in [5, 5.41) is 10.5. The molecule has 3 aromatic carbocycles. The Labute approximate surface area is 236 Å². The number of carbonyl (C=O) groups is 2. The number of carboxylic acids is 1. The fraction of sp³-hybridized carbons (Fsp3) is 0.233. The van der Waals surface area contributed by atoms with Gasteiger partial charge in [0, 0.05) is 30.3 Å². The molecule has 9 nitrogen and oxygen atoms in total.